The van der Waals surface area contributed by atoms with Gasteiger partial charge < -0.3 is 5.32 Å². The monoisotopic (exact) mass is 305 g/mol. The van der Waals surface area contributed by atoms with Crippen molar-refractivity contribution < 1.29 is 4.79 Å². The van der Waals surface area contributed by atoms with Crippen LogP contribution in [0.25, 0.3) is 0 Å². The number of hydrogen-bond donors (Lipinski definition) is 2. The van der Waals surface area contributed by atoms with Crippen LogP contribution in [0.4, 0.5) is 16.5 Å². The lowest BCUT2D eigenvalue weighted by atomic mass is 10.2. The summed E-state index contributed by atoms with van der Waals surface area (Å²) in [6, 6.07) is 5.33. The van der Waals surface area contributed by atoms with Gasteiger partial charge in [-0.1, -0.05) is 17.9 Å². The van der Waals surface area contributed by atoms with E-state index < -0.39 is 0 Å². The second-order valence-corrected chi connectivity index (χ2v) is 5.43. The standard InChI is InChI=1S/C12H11N5OS2/c1-3-10(18)13-9-5-4-8(6-7(9)2)14-15-11-16-17-12(19)20-11/h3-6H,1H2,2H3,(H,13,18)(H,17,19). The van der Waals surface area contributed by atoms with Crippen LogP contribution in [0, 0.1) is 10.9 Å². The number of hydrogen-bond acceptors (Lipinski definition) is 6. The summed E-state index contributed by atoms with van der Waals surface area (Å²) in [6.45, 7) is 5.28. The lowest BCUT2D eigenvalue weighted by molar-refractivity contribution is -0.111. The molecule has 1 aromatic carbocycles. The van der Waals surface area contributed by atoms with Gasteiger partial charge in [0, 0.05) is 5.69 Å². The zero-order valence-corrected chi connectivity index (χ0v) is 12.2. The van der Waals surface area contributed by atoms with Crippen molar-refractivity contribution in [2.45, 2.75) is 6.92 Å². The highest BCUT2D eigenvalue weighted by atomic mass is 32.1. The molecule has 0 saturated carbocycles. The van der Waals surface area contributed by atoms with Gasteiger partial charge >= 0.3 is 0 Å². The van der Waals surface area contributed by atoms with Crippen LogP contribution in [-0.4, -0.2) is 16.1 Å². The highest BCUT2D eigenvalue weighted by molar-refractivity contribution is 7.73. The zero-order chi connectivity index (χ0) is 14.5. The number of nitrogens with one attached hydrogen (secondary N) is 2. The topological polar surface area (TPSA) is 82.5 Å². The summed E-state index contributed by atoms with van der Waals surface area (Å²) in [7, 11) is 0. The quantitative estimate of drug-likeness (QED) is 0.508. The molecule has 0 atom stereocenters. The number of aromatic amines is 1. The van der Waals surface area contributed by atoms with Crippen molar-refractivity contribution in [2.24, 2.45) is 10.2 Å². The van der Waals surface area contributed by atoms with Crippen molar-refractivity contribution in [1.82, 2.24) is 10.2 Å². The van der Waals surface area contributed by atoms with E-state index in [-0.39, 0.29) is 5.91 Å². The van der Waals surface area contributed by atoms with Crippen LogP contribution in [0.3, 0.4) is 0 Å². The summed E-state index contributed by atoms with van der Waals surface area (Å²) in [6.07, 6.45) is 1.22. The molecule has 0 fully saturated rings. The molecule has 0 aliphatic rings. The first-order valence-corrected chi connectivity index (χ1v) is 6.82. The van der Waals surface area contributed by atoms with Crippen molar-refractivity contribution in [2.75, 3.05) is 5.32 Å². The van der Waals surface area contributed by atoms with Crippen molar-refractivity contribution >= 4 is 46.0 Å². The first-order chi connectivity index (χ1) is 9.58. The fourth-order valence-electron chi connectivity index (χ4n) is 1.40. The van der Waals surface area contributed by atoms with Crippen LogP contribution in [0.2, 0.25) is 0 Å². The maximum Gasteiger partial charge on any atom is 0.250 e. The molecule has 1 aromatic heterocycles. The van der Waals surface area contributed by atoms with Crippen LogP contribution in [0.5, 0.6) is 0 Å². The van der Waals surface area contributed by atoms with Crippen LogP contribution in [0.1, 0.15) is 5.56 Å². The highest BCUT2D eigenvalue weighted by Gasteiger charge is 2.02. The third-order valence-corrected chi connectivity index (χ3v) is 3.30. The number of nitrogens with zero attached hydrogens (tertiary/aromatic N) is 3. The Morgan fingerprint density at radius 3 is 2.95 bits per heavy atom. The van der Waals surface area contributed by atoms with Crippen LogP contribution in [-0.2, 0) is 4.79 Å². The predicted molar refractivity (Wildman–Crippen MR) is 81.5 cm³/mol. The third-order valence-electron chi connectivity index (χ3n) is 2.33. The minimum Gasteiger partial charge on any atom is -0.322 e. The molecule has 0 aliphatic carbocycles. The van der Waals surface area contributed by atoms with E-state index in [1.165, 1.54) is 17.4 Å². The Morgan fingerprint density at radius 1 is 1.55 bits per heavy atom. The maximum atomic E-state index is 11.2. The lowest BCUT2D eigenvalue weighted by Gasteiger charge is -2.06. The highest BCUT2D eigenvalue weighted by Crippen LogP contribution is 2.24. The number of aryl methyl sites for hydroxylation is 1. The molecule has 2 rings (SSSR count). The minimum atomic E-state index is -0.251. The molecule has 8 heteroatoms. The molecule has 6 nitrogen and oxygen atoms in total. The lowest BCUT2D eigenvalue weighted by Crippen LogP contribution is -2.08. The van der Waals surface area contributed by atoms with Crippen LogP contribution < -0.4 is 5.32 Å². The number of anilines is 1. The zero-order valence-electron chi connectivity index (χ0n) is 10.6. The van der Waals surface area contributed by atoms with Gasteiger partial charge in [-0.3, -0.25) is 9.89 Å². The summed E-state index contributed by atoms with van der Waals surface area (Å²) in [5, 5.41) is 17.7. The normalized spacial score (nSPS) is 10.7. The first kappa shape index (κ1) is 14.2. The smallest absolute Gasteiger partial charge is 0.250 e. The molecule has 2 aromatic rings. The van der Waals surface area contributed by atoms with E-state index in [0.29, 0.717) is 20.5 Å². The number of aromatic nitrogens is 2. The predicted octanol–water partition coefficient (Wildman–Crippen LogP) is 4.05. The van der Waals surface area contributed by atoms with E-state index in [0.717, 1.165) is 5.56 Å². The van der Waals surface area contributed by atoms with Crippen molar-refractivity contribution in [3.05, 3.63) is 40.4 Å². The number of H-pyrrole nitrogens is 1. The van der Waals surface area contributed by atoms with Gasteiger partial charge in [0.15, 0.2) is 3.95 Å². The summed E-state index contributed by atoms with van der Waals surface area (Å²) in [4.78, 5) is 11.2. The van der Waals surface area contributed by atoms with Crippen LogP contribution >= 0.6 is 23.6 Å². The average Bonchev–Trinajstić information content (AvgIpc) is 2.85. The summed E-state index contributed by atoms with van der Waals surface area (Å²) in [5.74, 6) is -0.251. The second kappa shape index (κ2) is 6.31. The van der Waals surface area contributed by atoms with Crippen molar-refractivity contribution in [1.29, 1.82) is 0 Å². The van der Waals surface area contributed by atoms with Gasteiger partial charge in [-0.2, -0.15) is 0 Å². The summed E-state index contributed by atoms with van der Waals surface area (Å²) in [5.41, 5.74) is 2.26. The van der Waals surface area contributed by atoms with Crippen molar-refractivity contribution in [3.63, 3.8) is 0 Å². The van der Waals surface area contributed by atoms with E-state index in [9.17, 15) is 4.79 Å². The number of amides is 1. The molecule has 0 unspecified atom stereocenters. The van der Waals surface area contributed by atoms with Gasteiger partial charge in [0.05, 0.1) is 5.69 Å². The molecule has 0 spiro atoms. The number of rotatable bonds is 4. The maximum absolute atomic E-state index is 11.2. The fraction of sp³-hybridized carbons (Fsp3) is 0.0833. The molecular formula is C12H11N5OS2. The average molecular weight is 305 g/mol. The Balaban J connectivity index is 2.16. The Kier molecular flexibility index (Phi) is 4.49. The van der Waals surface area contributed by atoms with Gasteiger partial charge in [0.25, 0.3) is 0 Å². The summed E-state index contributed by atoms with van der Waals surface area (Å²) >= 11 is 6.15. The Bertz CT molecular complexity index is 731. The van der Waals surface area contributed by atoms with Crippen molar-refractivity contribution in [3.8, 4) is 0 Å². The molecule has 0 aliphatic heterocycles. The van der Waals surface area contributed by atoms with Gasteiger partial charge in [0.1, 0.15) is 0 Å². The molecule has 1 amide bonds. The SMILES string of the molecule is C=CC(=O)Nc1ccc(N=Nc2n[nH]c(=S)s2)cc1C. The Hall–Kier alpha value is -2.19. The molecule has 0 radical (unpaired) electrons. The number of carbonyl (C=O) groups excluding carboxylic acids is 1. The van der Waals surface area contributed by atoms with Gasteiger partial charge in [-0.05, 0) is 49.0 Å². The van der Waals surface area contributed by atoms with E-state index in [1.807, 2.05) is 13.0 Å². The largest absolute Gasteiger partial charge is 0.322 e. The number of azo groups is 1. The molecule has 102 valence electrons. The second-order valence-electron chi connectivity index (χ2n) is 3.79. The molecule has 1 heterocycles. The van der Waals surface area contributed by atoms with Gasteiger partial charge in [-0.25, -0.2) is 0 Å². The minimum absolute atomic E-state index is 0.251. The molecular weight excluding hydrogens is 294 g/mol. The van der Waals surface area contributed by atoms with E-state index in [1.54, 1.807) is 12.1 Å². The van der Waals surface area contributed by atoms with Gasteiger partial charge in [0.2, 0.25) is 11.0 Å². The van der Waals surface area contributed by atoms with E-state index in [4.69, 9.17) is 12.2 Å². The molecule has 2 N–H and O–H groups in total. The van der Waals surface area contributed by atoms with Crippen LogP contribution in [0.15, 0.2) is 41.1 Å². The first-order valence-electron chi connectivity index (χ1n) is 5.60. The number of benzene rings is 1. The van der Waals surface area contributed by atoms with E-state index >= 15 is 0 Å². The van der Waals surface area contributed by atoms with E-state index in [2.05, 4.69) is 32.3 Å². The fourth-order valence-corrected chi connectivity index (χ4v) is 2.10. The third kappa shape index (κ3) is 3.65. The molecule has 20 heavy (non-hydrogen) atoms. The molecule has 0 bridgehead atoms. The molecule has 0 saturated heterocycles. The Morgan fingerprint density at radius 2 is 2.35 bits per heavy atom. The van der Waals surface area contributed by atoms with Gasteiger partial charge in [-0.15, -0.1) is 15.3 Å². The Labute approximate surface area is 124 Å². The summed E-state index contributed by atoms with van der Waals surface area (Å²) < 4.78 is 0.553. The number of carbonyl (C=O) groups is 1.